The van der Waals surface area contributed by atoms with E-state index < -0.39 is 0 Å². The first kappa shape index (κ1) is 18.3. The largest absolute Gasteiger partial charge is 0.338 e. The SMILES string of the molecule is Cc1noc(NC(=O)N2CCC3(CC2)CC(c2ccc(F)c(Cl)c2)C3)c1C. The maximum Gasteiger partial charge on any atom is 0.324 e. The van der Waals surface area contributed by atoms with Crippen LogP contribution in [0.1, 0.15) is 48.4 Å². The van der Waals surface area contributed by atoms with Crippen LogP contribution < -0.4 is 5.32 Å². The van der Waals surface area contributed by atoms with Crippen LogP contribution in [-0.2, 0) is 0 Å². The normalized spacial score (nSPS) is 19.2. The summed E-state index contributed by atoms with van der Waals surface area (Å²) in [5.41, 5.74) is 3.05. The third-order valence-electron chi connectivity index (χ3n) is 6.26. The Morgan fingerprint density at radius 2 is 2.04 bits per heavy atom. The zero-order valence-electron chi connectivity index (χ0n) is 15.5. The van der Waals surface area contributed by atoms with E-state index in [0.29, 0.717) is 17.2 Å². The molecular weight excluding hydrogens is 369 g/mol. The second-order valence-electron chi connectivity index (χ2n) is 7.92. The van der Waals surface area contributed by atoms with Crippen molar-refractivity contribution in [2.24, 2.45) is 5.41 Å². The first-order valence-electron chi connectivity index (χ1n) is 9.31. The van der Waals surface area contributed by atoms with Gasteiger partial charge >= 0.3 is 6.03 Å². The minimum Gasteiger partial charge on any atom is -0.338 e. The summed E-state index contributed by atoms with van der Waals surface area (Å²) in [6.07, 6.45) is 4.12. The number of nitrogens with one attached hydrogen (secondary N) is 1. The van der Waals surface area contributed by atoms with Gasteiger partial charge in [0.05, 0.1) is 10.7 Å². The highest BCUT2D eigenvalue weighted by molar-refractivity contribution is 6.30. The summed E-state index contributed by atoms with van der Waals surface area (Å²) < 4.78 is 18.5. The van der Waals surface area contributed by atoms with Crippen LogP contribution in [0.2, 0.25) is 5.02 Å². The predicted molar refractivity (Wildman–Crippen MR) is 102 cm³/mol. The van der Waals surface area contributed by atoms with Crippen molar-refractivity contribution in [2.45, 2.75) is 45.4 Å². The molecule has 0 unspecified atom stereocenters. The molecule has 1 N–H and O–H groups in total. The third kappa shape index (κ3) is 3.43. The van der Waals surface area contributed by atoms with Crippen molar-refractivity contribution in [2.75, 3.05) is 18.4 Å². The number of nitrogens with zero attached hydrogens (tertiary/aromatic N) is 2. The van der Waals surface area contributed by atoms with E-state index in [1.807, 2.05) is 24.8 Å². The van der Waals surface area contributed by atoms with Crippen LogP contribution in [0.5, 0.6) is 0 Å². The second-order valence-corrected chi connectivity index (χ2v) is 8.33. The fraction of sp³-hybridized carbons (Fsp3) is 0.500. The quantitative estimate of drug-likeness (QED) is 0.758. The van der Waals surface area contributed by atoms with Gasteiger partial charge in [0.25, 0.3) is 0 Å². The van der Waals surface area contributed by atoms with E-state index in [9.17, 15) is 9.18 Å². The molecule has 4 rings (SSSR count). The minimum atomic E-state index is -0.369. The molecule has 2 heterocycles. The van der Waals surface area contributed by atoms with E-state index in [4.69, 9.17) is 16.1 Å². The summed E-state index contributed by atoms with van der Waals surface area (Å²) in [5, 5.41) is 6.88. The number of likely N-dealkylation sites (tertiary alicyclic amines) is 1. The van der Waals surface area contributed by atoms with Crippen molar-refractivity contribution in [3.05, 3.63) is 45.9 Å². The average molecular weight is 392 g/mol. The van der Waals surface area contributed by atoms with Crippen LogP contribution in [0, 0.1) is 25.1 Å². The van der Waals surface area contributed by atoms with E-state index in [0.717, 1.165) is 55.6 Å². The van der Waals surface area contributed by atoms with Crippen molar-refractivity contribution < 1.29 is 13.7 Å². The number of hydrogen-bond acceptors (Lipinski definition) is 3. The number of carbonyl (C=O) groups excluding carboxylic acids is 1. The number of rotatable bonds is 2. The Bertz CT molecular complexity index is 866. The number of aryl methyl sites for hydroxylation is 1. The van der Waals surface area contributed by atoms with E-state index >= 15 is 0 Å². The van der Waals surface area contributed by atoms with E-state index in [1.54, 1.807) is 6.07 Å². The number of carbonyl (C=O) groups is 1. The Morgan fingerprint density at radius 3 is 2.63 bits per heavy atom. The number of amides is 2. The predicted octanol–water partition coefficient (Wildman–Crippen LogP) is 5.28. The van der Waals surface area contributed by atoms with E-state index in [-0.39, 0.29) is 16.9 Å². The van der Waals surface area contributed by atoms with Gasteiger partial charge in [-0.1, -0.05) is 22.8 Å². The summed E-state index contributed by atoms with van der Waals surface area (Å²) in [6.45, 7) is 5.19. The molecule has 2 fully saturated rings. The molecule has 1 saturated heterocycles. The molecule has 2 aromatic rings. The fourth-order valence-electron chi connectivity index (χ4n) is 4.29. The number of piperidine rings is 1. The highest BCUT2D eigenvalue weighted by Crippen LogP contribution is 2.56. The number of benzene rings is 1. The molecule has 144 valence electrons. The fourth-order valence-corrected chi connectivity index (χ4v) is 4.48. The summed E-state index contributed by atoms with van der Waals surface area (Å²) in [7, 11) is 0. The van der Waals surface area contributed by atoms with Crippen LogP contribution in [0.15, 0.2) is 22.7 Å². The van der Waals surface area contributed by atoms with Crippen molar-refractivity contribution >= 4 is 23.5 Å². The first-order chi connectivity index (χ1) is 12.9. The Hall–Kier alpha value is -2.08. The molecule has 0 atom stereocenters. The van der Waals surface area contributed by atoms with Gasteiger partial charge < -0.3 is 9.42 Å². The van der Waals surface area contributed by atoms with Crippen molar-refractivity contribution in [3.63, 3.8) is 0 Å². The Morgan fingerprint density at radius 1 is 1.33 bits per heavy atom. The average Bonchev–Trinajstić information content (AvgIpc) is 2.94. The van der Waals surface area contributed by atoms with Crippen molar-refractivity contribution in [1.29, 1.82) is 0 Å². The molecule has 1 aliphatic carbocycles. The van der Waals surface area contributed by atoms with Gasteiger partial charge in [-0.15, -0.1) is 0 Å². The van der Waals surface area contributed by atoms with E-state index in [1.165, 1.54) is 6.07 Å². The molecule has 0 bridgehead atoms. The number of urea groups is 1. The lowest BCUT2D eigenvalue weighted by atomic mass is 9.56. The number of halogens is 2. The lowest BCUT2D eigenvalue weighted by Crippen LogP contribution is -2.49. The summed E-state index contributed by atoms with van der Waals surface area (Å²) in [4.78, 5) is 14.3. The Kier molecular flexibility index (Phi) is 4.62. The van der Waals surface area contributed by atoms with Gasteiger partial charge in [0.15, 0.2) is 0 Å². The first-order valence-corrected chi connectivity index (χ1v) is 9.68. The lowest BCUT2D eigenvalue weighted by molar-refractivity contribution is 0.0290. The molecule has 27 heavy (non-hydrogen) atoms. The molecular formula is C20H23ClFN3O2. The maximum absolute atomic E-state index is 13.3. The Labute approximate surface area is 162 Å². The highest BCUT2D eigenvalue weighted by Gasteiger charge is 2.46. The highest BCUT2D eigenvalue weighted by atomic mass is 35.5. The van der Waals surface area contributed by atoms with E-state index in [2.05, 4.69) is 10.5 Å². The summed E-state index contributed by atoms with van der Waals surface area (Å²) >= 11 is 5.91. The van der Waals surface area contributed by atoms with Crippen LogP contribution in [0.3, 0.4) is 0 Å². The van der Waals surface area contributed by atoms with Crippen LogP contribution in [0.25, 0.3) is 0 Å². The molecule has 2 amide bonds. The second kappa shape index (κ2) is 6.82. The summed E-state index contributed by atoms with van der Waals surface area (Å²) in [5.74, 6) is 0.490. The van der Waals surface area contributed by atoms with Gasteiger partial charge in [-0.3, -0.25) is 5.32 Å². The van der Waals surface area contributed by atoms with Crippen LogP contribution in [0.4, 0.5) is 15.1 Å². The monoisotopic (exact) mass is 391 g/mol. The van der Waals surface area contributed by atoms with Gasteiger partial charge in [-0.2, -0.15) is 0 Å². The third-order valence-corrected chi connectivity index (χ3v) is 6.55. The standard InChI is InChI=1S/C20H23ClFN3O2/c1-12-13(2)24-27-18(12)23-19(26)25-7-5-20(6-8-25)10-15(11-20)14-3-4-17(22)16(21)9-14/h3-4,9,15H,5-8,10-11H2,1-2H3,(H,23,26). The molecule has 5 nitrogen and oxygen atoms in total. The van der Waals surface area contributed by atoms with Gasteiger partial charge in [0.1, 0.15) is 5.82 Å². The van der Waals surface area contributed by atoms with Crippen molar-refractivity contribution in [1.82, 2.24) is 10.1 Å². The molecule has 1 aromatic heterocycles. The molecule has 1 aliphatic heterocycles. The molecule has 1 saturated carbocycles. The minimum absolute atomic E-state index is 0.134. The van der Waals surface area contributed by atoms with Gasteiger partial charge in [-0.25, -0.2) is 9.18 Å². The number of aromatic nitrogens is 1. The zero-order chi connectivity index (χ0) is 19.2. The van der Waals surface area contributed by atoms with Crippen LogP contribution >= 0.6 is 11.6 Å². The lowest BCUT2D eigenvalue weighted by Gasteiger charge is -2.52. The van der Waals surface area contributed by atoms with Gasteiger partial charge in [-0.05, 0) is 68.6 Å². The molecule has 1 spiro atoms. The molecule has 0 radical (unpaired) electrons. The smallest absolute Gasteiger partial charge is 0.324 e. The molecule has 7 heteroatoms. The molecule has 2 aliphatic rings. The topological polar surface area (TPSA) is 58.4 Å². The van der Waals surface area contributed by atoms with Crippen molar-refractivity contribution in [3.8, 4) is 0 Å². The van der Waals surface area contributed by atoms with Gasteiger partial charge in [0, 0.05) is 18.7 Å². The van der Waals surface area contributed by atoms with Crippen LogP contribution in [-0.4, -0.2) is 29.2 Å². The summed E-state index contributed by atoms with van der Waals surface area (Å²) in [6, 6.07) is 4.90. The number of hydrogen-bond donors (Lipinski definition) is 1. The molecule has 1 aromatic carbocycles. The maximum atomic E-state index is 13.3. The Balaban J connectivity index is 1.31. The number of anilines is 1. The van der Waals surface area contributed by atoms with Gasteiger partial charge in [0.2, 0.25) is 5.88 Å². The zero-order valence-corrected chi connectivity index (χ0v) is 16.3.